The maximum absolute atomic E-state index is 10.5. The Bertz CT molecular complexity index is 563. The van der Waals surface area contributed by atoms with Gasteiger partial charge in [-0.05, 0) is 42.3 Å². The summed E-state index contributed by atoms with van der Waals surface area (Å²) < 4.78 is 1.86. The summed E-state index contributed by atoms with van der Waals surface area (Å²) >= 11 is 1.57. The maximum Gasteiger partial charge on any atom is 0.191 e. The second kappa shape index (κ2) is 7.95. The first-order valence-electron chi connectivity index (χ1n) is 7.36. The number of hydrogen-bond donors (Lipinski definition) is 3. The number of aliphatic hydroxyl groups is 1. The van der Waals surface area contributed by atoms with E-state index in [2.05, 4.69) is 20.7 Å². The van der Waals surface area contributed by atoms with Gasteiger partial charge >= 0.3 is 0 Å². The maximum atomic E-state index is 10.5. The van der Waals surface area contributed by atoms with Gasteiger partial charge in [-0.25, -0.2) is 4.99 Å². The topological polar surface area (TPSA) is 74.5 Å². The predicted octanol–water partition coefficient (Wildman–Crippen LogP) is 1.41. The summed E-state index contributed by atoms with van der Waals surface area (Å²) in [7, 11) is 0. The fourth-order valence-electron chi connectivity index (χ4n) is 1.96. The number of rotatable bonds is 7. The molecule has 0 bridgehead atoms. The Labute approximate surface area is 134 Å². The third-order valence-corrected chi connectivity index (χ3v) is 3.91. The summed E-state index contributed by atoms with van der Waals surface area (Å²) in [5.41, 5.74) is -0.0571. The molecule has 0 radical (unpaired) electrons. The Morgan fingerprint density at radius 1 is 1.50 bits per heavy atom. The highest BCUT2D eigenvalue weighted by Gasteiger charge is 2.23. The molecule has 2 aromatic heterocycles. The van der Waals surface area contributed by atoms with E-state index in [1.54, 1.807) is 24.5 Å². The third-order valence-electron chi connectivity index (χ3n) is 3.22. The Hall–Kier alpha value is -1.86. The lowest BCUT2D eigenvalue weighted by molar-refractivity contribution is 0.0677. The summed E-state index contributed by atoms with van der Waals surface area (Å²) in [6.45, 7) is 6.36. The first-order valence-corrected chi connectivity index (χ1v) is 8.31. The minimum atomic E-state index is -0.954. The molecule has 0 aliphatic carbocycles. The van der Waals surface area contributed by atoms with Crippen molar-refractivity contribution in [2.24, 2.45) is 4.99 Å². The van der Waals surface area contributed by atoms with E-state index in [-0.39, 0.29) is 0 Å². The minimum Gasteiger partial charge on any atom is -0.383 e. The van der Waals surface area contributed by atoms with E-state index in [1.165, 1.54) is 0 Å². The molecule has 7 heteroatoms. The van der Waals surface area contributed by atoms with Gasteiger partial charge in [0.25, 0.3) is 0 Å². The van der Waals surface area contributed by atoms with Gasteiger partial charge in [-0.2, -0.15) is 16.4 Å². The van der Waals surface area contributed by atoms with Crippen LogP contribution < -0.4 is 10.6 Å². The van der Waals surface area contributed by atoms with Gasteiger partial charge in [-0.3, -0.25) is 4.68 Å². The first-order chi connectivity index (χ1) is 10.6. The van der Waals surface area contributed by atoms with E-state index in [1.807, 2.05) is 40.7 Å². The highest BCUT2D eigenvalue weighted by Crippen LogP contribution is 2.23. The fraction of sp³-hybridized carbons (Fsp3) is 0.467. The van der Waals surface area contributed by atoms with Crippen molar-refractivity contribution >= 4 is 17.3 Å². The van der Waals surface area contributed by atoms with Crippen molar-refractivity contribution in [2.75, 3.05) is 19.6 Å². The molecule has 0 aliphatic rings. The van der Waals surface area contributed by atoms with Crippen molar-refractivity contribution in [2.45, 2.75) is 26.0 Å². The number of thiophene rings is 1. The molecule has 22 heavy (non-hydrogen) atoms. The van der Waals surface area contributed by atoms with E-state index in [0.717, 1.165) is 18.7 Å². The summed E-state index contributed by atoms with van der Waals surface area (Å²) in [5.74, 6) is 0.699. The van der Waals surface area contributed by atoms with Crippen LogP contribution in [0.2, 0.25) is 0 Å². The Morgan fingerprint density at radius 2 is 2.36 bits per heavy atom. The molecule has 0 aromatic carbocycles. The van der Waals surface area contributed by atoms with Crippen LogP contribution in [-0.4, -0.2) is 40.5 Å². The zero-order valence-electron chi connectivity index (χ0n) is 13.0. The molecule has 1 unspecified atom stereocenters. The zero-order valence-corrected chi connectivity index (χ0v) is 13.8. The van der Waals surface area contributed by atoms with E-state index < -0.39 is 5.60 Å². The van der Waals surface area contributed by atoms with Crippen LogP contribution in [-0.2, 0) is 12.1 Å². The SMILES string of the molecule is CCNC(=NCC(C)(O)c1ccsc1)NCCn1cccn1. The third kappa shape index (κ3) is 4.85. The van der Waals surface area contributed by atoms with Gasteiger partial charge < -0.3 is 15.7 Å². The van der Waals surface area contributed by atoms with Crippen LogP contribution in [0.5, 0.6) is 0 Å². The molecule has 3 N–H and O–H groups in total. The van der Waals surface area contributed by atoms with Gasteiger partial charge in [-0.1, -0.05) is 0 Å². The second-order valence-corrected chi connectivity index (χ2v) is 5.96. The smallest absolute Gasteiger partial charge is 0.191 e. The molecule has 0 fully saturated rings. The van der Waals surface area contributed by atoms with Crippen LogP contribution in [0.3, 0.4) is 0 Å². The van der Waals surface area contributed by atoms with Crippen LogP contribution in [0.15, 0.2) is 40.3 Å². The number of guanidine groups is 1. The highest BCUT2D eigenvalue weighted by atomic mass is 32.1. The molecule has 2 rings (SSSR count). The molecule has 6 nitrogen and oxygen atoms in total. The highest BCUT2D eigenvalue weighted by molar-refractivity contribution is 7.08. The Balaban J connectivity index is 1.89. The zero-order chi connectivity index (χ0) is 15.8. The number of aromatic nitrogens is 2. The molecule has 2 heterocycles. The monoisotopic (exact) mass is 321 g/mol. The molecule has 0 aliphatic heterocycles. The number of hydrogen-bond acceptors (Lipinski definition) is 4. The molecular formula is C15H23N5OS. The normalized spacial score (nSPS) is 14.6. The molecular weight excluding hydrogens is 298 g/mol. The largest absolute Gasteiger partial charge is 0.383 e. The first kappa shape index (κ1) is 16.5. The summed E-state index contributed by atoms with van der Waals surface area (Å²) in [4.78, 5) is 4.48. The van der Waals surface area contributed by atoms with Crippen molar-refractivity contribution in [1.82, 2.24) is 20.4 Å². The fourth-order valence-corrected chi connectivity index (χ4v) is 2.74. The van der Waals surface area contributed by atoms with Gasteiger partial charge in [0, 0.05) is 25.5 Å². The number of nitrogens with one attached hydrogen (secondary N) is 2. The second-order valence-electron chi connectivity index (χ2n) is 5.18. The van der Waals surface area contributed by atoms with E-state index in [4.69, 9.17) is 0 Å². The number of aliphatic imine (C=N–C) groups is 1. The molecule has 1 atom stereocenters. The van der Waals surface area contributed by atoms with E-state index in [0.29, 0.717) is 19.0 Å². The van der Waals surface area contributed by atoms with Gasteiger partial charge in [0.2, 0.25) is 0 Å². The molecule has 2 aromatic rings. The molecule has 0 saturated carbocycles. The van der Waals surface area contributed by atoms with Gasteiger partial charge in [-0.15, -0.1) is 0 Å². The van der Waals surface area contributed by atoms with Crippen molar-refractivity contribution in [3.63, 3.8) is 0 Å². The Morgan fingerprint density at radius 3 is 3.00 bits per heavy atom. The van der Waals surface area contributed by atoms with E-state index >= 15 is 0 Å². The Kier molecular flexibility index (Phi) is 5.97. The average molecular weight is 321 g/mol. The van der Waals surface area contributed by atoms with Crippen molar-refractivity contribution in [3.05, 3.63) is 40.8 Å². The molecule has 0 saturated heterocycles. The average Bonchev–Trinajstić information content (AvgIpc) is 3.18. The number of nitrogens with zero attached hydrogens (tertiary/aromatic N) is 3. The van der Waals surface area contributed by atoms with Gasteiger partial charge in [0.15, 0.2) is 5.96 Å². The molecule has 0 amide bonds. The van der Waals surface area contributed by atoms with Crippen LogP contribution in [0.4, 0.5) is 0 Å². The lowest BCUT2D eigenvalue weighted by Crippen LogP contribution is -2.40. The van der Waals surface area contributed by atoms with Crippen molar-refractivity contribution in [3.8, 4) is 0 Å². The molecule has 0 spiro atoms. The minimum absolute atomic E-state index is 0.306. The molecule has 120 valence electrons. The van der Waals surface area contributed by atoms with E-state index in [9.17, 15) is 5.11 Å². The van der Waals surface area contributed by atoms with Crippen molar-refractivity contribution < 1.29 is 5.11 Å². The summed E-state index contributed by atoms with van der Waals surface area (Å²) in [5, 5.41) is 25.0. The summed E-state index contributed by atoms with van der Waals surface area (Å²) in [6.07, 6.45) is 3.68. The quantitative estimate of drug-likeness (QED) is 0.532. The van der Waals surface area contributed by atoms with Crippen LogP contribution >= 0.6 is 11.3 Å². The summed E-state index contributed by atoms with van der Waals surface area (Å²) in [6, 6.07) is 3.83. The van der Waals surface area contributed by atoms with Crippen LogP contribution in [0.1, 0.15) is 19.4 Å². The van der Waals surface area contributed by atoms with Gasteiger partial charge in [0.05, 0.1) is 13.1 Å². The van der Waals surface area contributed by atoms with Gasteiger partial charge in [0.1, 0.15) is 5.60 Å². The predicted molar refractivity (Wildman–Crippen MR) is 90.1 cm³/mol. The van der Waals surface area contributed by atoms with Crippen LogP contribution in [0, 0.1) is 0 Å². The van der Waals surface area contributed by atoms with Crippen LogP contribution in [0.25, 0.3) is 0 Å². The lowest BCUT2D eigenvalue weighted by atomic mass is 10.00. The lowest BCUT2D eigenvalue weighted by Gasteiger charge is -2.21. The standard InChI is InChI=1S/C15H23N5OS/c1-3-16-14(17-7-9-20-8-4-6-19-20)18-12-15(2,21)13-5-10-22-11-13/h4-6,8,10-11,21H,3,7,9,12H2,1-2H3,(H2,16,17,18). The van der Waals surface area contributed by atoms with Crippen molar-refractivity contribution in [1.29, 1.82) is 0 Å².